The molecule has 0 spiro atoms. The number of ether oxygens (including phenoxy) is 2. The molecule has 1 amide bonds. The van der Waals surface area contributed by atoms with E-state index in [4.69, 9.17) is 21.1 Å². The van der Waals surface area contributed by atoms with E-state index >= 15 is 0 Å². The van der Waals surface area contributed by atoms with Crippen molar-refractivity contribution in [2.75, 3.05) is 40.5 Å². The van der Waals surface area contributed by atoms with E-state index < -0.39 is 24.0 Å². The van der Waals surface area contributed by atoms with E-state index in [1.54, 1.807) is 0 Å². The van der Waals surface area contributed by atoms with Crippen molar-refractivity contribution < 1.29 is 23.0 Å². The maximum absolute atomic E-state index is 13.9. The van der Waals surface area contributed by atoms with Crippen molar-refractivity contribution in [1.82, 2.24) is 10.2 Å². The first-order valence-electron chi connectivity index (χ1n) is 8.14. The fraction of sp³-hybridized carbons (Fsp3) is 0.588. The van der Waals surface area contributed by atoms with Gasteiger partial charge in [0.05, 0.1) is 30.7 Å². The van der Waals surface area contributed by atoms with Crippen LogP contribution in [0.25, 0.3) is 0 Å². The van der Waals surface area contributed by atoms with E-state index in [2.05, 4.69) is 5.32 Å². The molecule has 140 valence electrons. The molecule has 8 heteroatoms. The molecular weight excluding hydrogens is 354 g/mol. The maximum Gasteiger partial charge on any atom is 0.224 e. The van der Waals surface area contributed by atoms with Gasteiger partial charge in [-0.2, -0.15) is 0 Å². The van der Waals surface area contributed by atoms with E-state index in [1.165, 1.54) is 0 Å². The molecule has 1 heterocycles. The Bertz CT molecular complexity index is 602. The van der Waals surface area contributed by atoms with Gasteiger partial charge in [0.15, 0.2) is 0 Å². The lowest BCUT2D eigenvalue weighted by Gasteiger charge is -2.32. The summed E-state index contributed by atoms with van der Waals surface area (Å²) in [6, 6.07) is 1.92. The monoisotopic (exact) mass is 376 g/mol. The second-order valence-electron chi connectivity index (χ2n) is 6.25. The second kappa shape index (κ2) is 9.43. The molecule has 2 rings (SSSR count). The van der Waals surface area contributed by atoms with Crippen LogP contribution in [-0.2, 0) is 20.7 Å². The summed E-state index contributed by atoms with van der Waals surface area (Å²) in [7, 11) is 3.88. The number of benzene rings is 1. The zero-order valence-electron chi connectivity index (χ0n) is 14.4. The van der Waals surface area contributed by atoms with Gasteiger partial charge in [-0.15, -0.1) is 0 Å². The number of nitrogens with zero attached hydrogens (tertiary/aromatic N) is 1. The smallest absolute Gasteiger partial charge is 0.224 e. The van der Waals surface area contributed by atoms with Gasteiger partial charge in [-0.05, 0) is 32.6 Å². The molecule has 0 aliphatic carbocycles. The van der Waals surface area contributed by atoms with Gasteiger partial charge in [-0.3, -0.25) is 4.79 Å². The molecule has 0 aromatic heterocycles. The zero-order chi connectivity index (χ0) is 18.4. The van der Waals surface area contributed by atoms with Gasteiger partial charge in [0.2, 0.25) is 5.91 Å². The Morgan fingerprint density at radius 2 is 2.20 bits per heavy atom. The summed E-state index contributed by atoms with van der Waals surface area (Å²) in [4.78, 5) is 14.2. The van der Waals surface area contributed by atoms with E-state index in [1.807, 2.05) is 19.0 Å². The SMILES string of the molecule is CN(C)CCO[C@@H]1COCC[C@H]1NC(=O)Cc1c(F)ccc(Cl)c1F. The summed E-state index contributed by atoms with van der Waals surface area (Å²) in [5, 5.41) is 2.59. The number of halogens is 3. The lowest BCUT2D eigenvalue weighted by atomic mass is 10.0. The van der Waals surface area contributed by atoms with E-state index in [9.17, 15) is 13.6 Å². The van der Waals surface area contributed by atoms with Gasteiger partial charge in [0.1, 0.15) is 17.7 Å². The number of carbonyl (C=O) groups excluding carboxylic acids is 1. The molecule has 0 saturated carbocycles. The molecule has 2 atom stereocenters. The van der Waals surface area contributed by atoms with E-state index in [0.717, 1.165) is 18.7 Å². The quantitative estimate of drug-likeness (QED) is 0.740. The molecule has 1 aromatic carbocycles. The van der Waals surface area contributed by atoms with Crippen LogP contribution in [0.4, 0.5) is 8.78 Å². The highest BCUT2D eigenvalue weighted by Crippen LogP contribution is 2.21. The third kappa shape index (κ3) is 5.88. The summed E-state index contributed by atoms with van der Waals surface area (Å²) >= 11 is 5.65. The molecule has 1 aliphatic rings. The van der Waals surface area contributed by atoms with E-state index in [-0.39, 0.29) is 22.7 Å². The van der Waals surface area contributed by atoms with Gasteiger partial charge >= 0.3 is 0 Å². The van der Waals surface area contributed by atoms with Crippen LogP contribution in [0.2, 0.25) is 5.02 Å². The number of hydrogen-bond donors (Lipinski definition) is 1. The van der Waals surface area contributed by atoms with Crippen molar-refractivity contribution in [3.8, 4) is 0 Å². The average molecular weight is 377 g/mol. The highest BCUT2D eigenvalue weighted by molar-refractivity contribution is 6.30. The average Bonchev–Trinajstić information content (AvgIpc) is 2.56. The molecule has 1 saturated heterocycles. The van der Waals surface area contributed by atoms with Crippen molar-refractivity contribution in [2.45, 2.75) is 25.0 Å². The highest BCUT2D eigenvalue weighted by atomic mass is 35.5. The first-order valence-corrected chi connectivity index (χ1v) is 8.52. The predicted octanol–water partition coefficient (Wildman–Crippen LogP) is 2.01. The van der Waals surface area contributed by atoms with Gasteiger partial charge in [0.25, 0.3) is 0 Å². The Labute approximate surface area is 151 Å². The molecule has 0 unspecified atom stereocenters. The fourth-order valence-corrected chi connectivity index (χ4v) is 2.75. The molecule has 1 N–H and O–H groups in total. The Kier molecular flexibility index (Phi) is 7.56. The number of amides is 1. The molecule has 1 aliphatic heterocycles. The molecule has 1 aromatic rings. The summed E-state index contributed by atoms with van der Waals surface area (Å²) < 4.78 is 38.8. The van der Waals surface area contributed by atoms with Crippen LogP contribution in [0.1, 0.15) is 12.0 Å². The summed E-state index contributed by atoms with van der Waals surface area (Å²) in [6.45, 7) is 2.12. The van der Waals surface area contributed by atoms with Gasteiger partial charge < -0.3 is 19.7 Å². The normalized spacial score (nSPS) is 20.7. The standard InChI is InChI=1S/C17H23ClF2N2O3/c1-22(2)6-8-25-15-10-24-7-5-14(15)21-16(23)9-11-13(19)4-3-12(18)17(11)20/h3-4,14-15H,5-10H2,1-2H3,(H,21,23)/t14-,15-/m1/s1. The zero-order valence-corrected chi connectivity index (χ0v) is 15.1. The first-order chi connectivity index (χ1) is 11.9. The maximum atomic E-state index is 13.9. The third-order valence-corrected chi connectivity index (χ3v) is 4.29. The lowest BCUT2D eigenvalue weighted by Crippen LogP contribution is -2.50. The van der Waals surface area contributed by atoms with E-state index in [0.29, 0.717) is 26.2 Å². The Balaban J connectivity index is 1.94. The third-order valence-electron chi connectivity index (χ3n) is 4.00. The largest absolute Gasteiger partial charge is 0.379 e. The van der Waals surface area contributed by atoms with Crippen LogP contribution < -0.4 is 5.32 Å². The van der Waals surface area contributed by atoms with Crippen molar-refractivity contribution in [3.63, 3.8) is 0 Å². The van der Waals surface area contributed by atoms with Crippen LogP contribution in [-0.4, -0.2) is 63.4 Å². The fourth-order valence-electron chi connectivity index (χ4n) is 2.58. The van der Waals surface area contributed by atoms with Gasteiger partial charge in [0, 0.05) is 18.7 Å². The second-order valence-corrected chi connectivity index (χ2v) is 6.66. The number of nitrogens with one attached hydrogen (secondary N) is 1. The number of hydrogen-bond acceptors (Lipinski definition) is 4. The minimum absolute atomic E-state index is 0.208. The van der Waals surface area contributed by atoms with Crippen molar-refractivity contribution >= 4 is 17.5 Å². The van der Waals surface area contributed by atoms with Crippen molar-refractivity contribution in [1.29, 1.82) is 0 Å². The van der Waals surface area contributed by atoms with Gasteiger partial charge in [-0.1, -0.05) is 11.6 Å². The number of rotatable bonds is 7. The van der Waals surface area contributed by atoms with Crippen LogP contribution in [0.15, 0.2) is 12.1 Å². The molecule has 1 fully saturated rings. The molecular formula is C17H23ClF2N2O3. The Morgan fingerprint density at radius 1 is 1.44 bits per heavy atom. The van der Waals surface area contributed by atoms with Crippen molar-refractivity contribution in [3.05, 3.63) is 34.4 Å². The first kappa shape index (κ1) is 20.0. The number of likely N-dealkylation sites (N-methyl/N-ethyl adjacent to an activating group) is 1. The topological polar surface area (TPSA) is 50.8 Å². The molecule has 5 nitrogen and oxygen atoms in total. The molecule has 0 radical (unpaired) electrons. The molecule has 25 heavy (non-hydrogen) atoms. The minimum Gasteiger partial charge on any atom is -0.379 e. The minimum atomic E-state index is -0.900. The number of carbonyl (C=O) groups is 1. The summed E-state index contributed by atoms with van der Waals surface area (Å²) in [6.07, 6.45) is -0.120. The van der Waals surface area contributed by atoms with Crippen molar-refractivity contribution in [2.24, 2.45) is 0 Å². The predicted molar refractivity (Wildman–Crippen MR) is 90.7 cm³/mol. The van der Waals surface area contributed by atoms with Gasteiger partial charge in [-0.25, -0.2) is 8.78 Å². The molecule has 0 bridgehead atoms. The Hall–Kier alpha value is -1.28. The van der Waals surface area contributed by atoms with Crippen LogP contribution >= 0.6 is 11.6 Å². The van der Waals surface area contributed by atoms with Crippen LogP contribution in [0, 0.1) is 11.6 Å². The lowest BCUT2D eigenvalue weighted by molar-refractivity contribution is -0.125. The summed E-state index contributed by atoms with van der Waals surface area (Å²) in [5.74, 6) is -2.17. The highest BCUT2D eigenvalue weighted by Gasteiger charge is 2.28. The Morgan fingerprint density at radius 3 is 2.92 bits per heavy atom. The van der Waals surface area contributed by atoms with Crippen LogP contribution in [0.3, 0.4) is 0 Å². The summed E-state index contributed by atoms with van der Waals surface area (Å²) in [5.41, 5.74) is -0.331. The van der Waals surface area contributed by atoms with Crippen LogP contribution in [0.5, 0.6) is 0 Å².